The summed E-state index contributed by atoms with van der Waals surface area (Å²) in [6, 6.07) is 5.94. The lowest BCUT2D eigenvalue weighted by Gasteiger charge is -2.09. The van der Waals surface area contributed by atoms with Gasteiger partial charge in [0.15, 0.2) is 0 Å². The molecule has 0 atom stereocenters. The van der Waals surface area contributed by atoms with Crippen molar-refractivity contribution in [1.82, 2.24) is 9.88 Å². The lowest BCUT2D eigenvalue weighted by atomic mass is 10.3. The summed E-state index contributed by atoms with van der Waals surface area (Å²) in [7, 11) is -2.23. The third-order valence-corrected chi connectivity index (χ3v) is 3.92. The fourth-order valence-corrected chi connectivity index (χ4v) is 2.58. The number of anilines is 1. The van der Waals surface area contributed by atoms with Crippen LogP contribution in [-0.4, -0.2) is 20.7 Å². The molecule has 0 saturated heterocycles. The second kappa shape index (κ2) is 5.29. The molecule has 0 unspecified atom stereocenters. The van der Waals surface area contributed by atoms with Gasteiger partial charge in [0.2, 0.25) is 10.0 Å². The van der Waals surface area contributed by atoms with Crippen LogP contribution in [-0.2, 0) is 16.6 Å². The molecule has 0 spiro atoms. The number of methoxy groups -OCH3 is 1. The lowest BCUT2D eigenvalue weighted by Crippen LogP contribution is -2.24. The van der Waals surface area contributed by atoms with Gasteiger partial charge >= 0.3 is 0 Å². The van der Waals surface area contributed by atoms with Crippen LogP contribution >= 0.6 is 0 Å². The number of aromatic nitrogens is 1. The summed E-state index contributed by atoms with van der Waals surface area (Å²) in [5.41, 5.74) is 6.30. The number of rotatable bonds is 5. The molecule has 1 heterocycles. The number of sulfonamides is 1. The van der Waals surface area contributed by atoms with Gasteiger partial charge in [-0.1, -0.05) is 5.16 Å². The van der Waals surface area contributed by atoms with Crippen molar-refractivity contribution in [3.63, 3.8) is 0 Å². The van der Waals surface area contributed by atoms with Gasteiger partial charge in [0, 0.05) is 12.1 Å². The third-order valence-electron chi connectivity index (χ3n) is 2.44. The first-order chi connectivity index (χ1) is 9.03. The van der Waals surface area contributed by atoms with Crippen LogP contribution in [0.15, 0.2) is 39.9 Å². The van der Waals surface area contributed by atoms with Gasteiger partial charge in [0.1, 0.15) is 16.9 Å². The predicted molar refractivity (Wildman–Crippen MR) is 67.9 cm³/mol. The SMILES string of the molecule is COc1ccc(S(=O)(=O)NCc2ccon2)c(N)c1. The first-order valence-corrected chi connectivity index (χ1v) is 6.83. The fraction of sp³-hybridized carbons (Fsp3) is 0.182. The molecule has 1 aromatic heterocycles. The van der Waals surface area contributed by atoms with Gasteiger partial charge in [-0.05, 0) is 12.1 Å². The van der Waals surface area contributed by atoms with Crippen LogP contribution in [0.5, 0.6) is 5.75 Å². The van der Waals surface area contributed by atoms with E-state index in [0.29, 0.717) is 11.4 Å². The quantitative estimate of drug-likeness (QED) is 0.784. The van der Waals surface area contributed by atoms with E-state index in [9.17, 15) is 8.42 Å². The molecule has 2 aromatic rings. The fourth-order valence-electron chi connectivity index (χ4n) is 1.47. The number of benzene rings is 1. The van der Waals surface area contributed by atoms with E-state index in [2.05, 4.69) is 14.4 Å². The van der Waals surface area contributed by atoms with Crippen molar-refractivity contribution in [3.05, 3.63) is 36.2 Å². The van der Waals surface area contributed by atoms with Gasteiger partial charge in [0.05, 0.1) is 25.0 Å². The monoisotopic (exact) mass is 283 g/mol. The van der Waals surface area contributed by atoms with Crippen molar-refractivity contribution in [2.24, 2.45) is 0 Å². The second-order valence-corrected chi connectivity index (χ2v) is 5.45. The molecule has 7 nitrogen and oxygen atoms in total. The first-order valence-electron chi connectivity index (χ1n) is 5.35. The van der Waals surface area contributed by atoms with E-state index >= 15 is 0 Å². The van der Waals surface area contributed by atoms with Crippen LogP contribution in [0, 0.1) is 0 Å². The number of nitrogens with two attached hydrogens (primary N) is 1. The second-order valence-electron chi connectivity index (χ2n) is 3.72. The van der Waals surface area contributed by atoms with E-state index in [-0.39, 0.29) is 17.1 Å². The molecule has 0 saturated carbocycles. The average molecular weight is 283 g/mol. The Morgan fingerprint density at radius 2 is 2.21 bits per heavy atom. The maximum Gasteiger partial charge on any atom is 0.242 e. The van der Waals surface area contributed by atoms with Crippen molar-refractivity contribution in [3.8, 4) is 5.75 Å². The number of nitrogen functional groups attached to an aromatic ring is 1. The van der Waals surface area contributed by atoms with Crippen molar-refractivity contribution < 1.29 is 17.7 Å². The third kappa shape index (κ3) is 3.04. The van der Waals surface area contributed by atoms with E-state index in [4.69, 9.17) is 10.5 Å². The van der Waals surface area contributed by atoms with Gasteiger partial charge < -0.3 is 15.0 Å². The van der Waals surface area contributed by atoms with E-state index in [1.807, 2.05) is 0 Å². The molecule has 2 rings (SSSR count). The molecule has 0 fully saturated rings. The minimum absolute atomic E-state index is 0.00297. The molecular weight excluding hydrogens is 270 g/mol. The zero-order chi connectivity index (χ0) is 13.9. The molecule has 0 radical (unpaired) electrons. The molecule has 1 aromatic carbocycles. The van der Waals surface area contributed by atoms with Crippen LogP contribution in [0.25, 0.3) is 0 Å². The normalized spacial score (nSPS) is 11.4. The molecule has 8 heteroatoms. The van der Waals surface area contributed by atoms with Crippen LogP contribution < -0.4 is 15.2 Å². The number of hydrogen-bond acceptors (Lipinski definition) is 6. The summed E-state index contributed by atoms with van der Waals surface area (Å²) >= 11 is 0. The first kappa shape index (κ1) is 13.4. The highest BCUT2D eigenvalue weighted by molar-refractivity contribution is 7.89. The summed E-state index contributed by atoms with van der Waals surface area (Å²) in [5, 5.41) is 3.61. The number of ether oxygens (including phenoxy) is 1. The molecular formula is C11H13N3O4S. The van der Waals surface area contributed by atoms with E-state index in [1.165, 1.54) is 31.6 Å². The number of hydrogen-bond donors (Lipinski definition) is 2. The maximum absolute atomic E-state index is 12.1. The molecule has 0 aliphatic heterocycles. The van der Waals surface area contributed by atoms with Crippen molar-refractivity contribution in [2.75, 3.05) is 12.8 Å². The van der Waals surface area contributed by atoms with Crippen LogP contribution in [0.4, 0.5) is 5.69 Å². The Balaban J connectivity index is 2.19. The topological polar surface area (TPSA) is 107 Å². The molecule has 0 amide bonds. The lowest BCUT2D eigenvalue weighted by molar-refractivity contribution is 0.411. The van der Waals surface area contributed by atoms with Crippen molar-refractivity contribution in [1.29, 1.82) is 0 Å². The summed E-state index contributed by atoms with van der Waals surface area (Å²) in [5.74, 6) is 0.493. The summed E-state index contributed by atoms with van der Waals surface area (Å²) in [6.45, 7) is 0.0320. The van der Waals surface area contributed by atoms with Gasteiger partial charge in [0.25, 0.3) is 0 Å². The van der Waals surface area contributed by atoms with Crippen LogP contribution in [0.1, 0.15) is 5.69 Å². The molecule has 0 aliphatic carbocycles. The molecule has 0 bridgehead atoms. The predicted octanol–water partition coefficient (Wildman–Crippen LogP) is 0.744. The smallest absolute Gasteiger partial charge is 0.242 e. The van der Waals surface area contributed by atoms with Gasteiger partial charge in [-0.2, -0.15) is 0 Å². The molecule has 3 N–H and O–H groups in total. The Hall–Kier alpha value is -2.06. The van der Waals surface area contributed by atoms with Crippen LogP contribution in [0.3, 0.4) is 0 Å². The van der Waals surface area contributed by atoms with Gasteiger partial charge in [-0.25, -0.2) is 13.1 Å². The minimum atomic E-state index is -3.70. The largest absolute Gasteiger partial charge is 0.497 e. The Bertz CT molecular complexity index is 653. The Morgan fingerprint density at radius 1 is 1.42 bits per heavy atom. The standard InChI is InChI=1S/C11H13N3O4S/c1-17-9-2-3-11(10(12)6-9)19(15,16)13-7-8-4-5-18-14-8/h2-6,13H,7,12H2,1H3. The molecule has 0 aliphatic rings. The highest BCUT2D eigenvalue weighted by Gasteiger charge is 2.18. The zero-order valence-electron chi connectivity index (χ0n) is 10.2. The van der Waals surface area contributed by atoms with E-state index in [1.54, 1.807) is 6.07 Å². The summed E-state index contributed by atoms with van der Waals surface area (Å²) in [6.07, 6.45) is 1.37. The van der Waals surface area contributed by atoms with Crippen molar-refractivity contribution in [2.45, 2.75) is 11.4 Å². The number of nitrogens with zero attached hydrogens (tertiary/aromatic N) is 1. The van der Waals surface area contributed by atoms with Gasteiger partial charge in [-0.3, -0.25) is 0 Å². The maximum atomic E-state index is 12.1. The summed E-state index contributed by atoms with van der Waals surface area (Å²) < 4.78 is 36.1. The molecule has 102 valence electrons. The number of nitrogens with one attached hydrogen (secondary N) is 1. The zero-order valence-corrected chi connectivity index (χ0v) is 11.0. The highest BCUT2D eigenvalue weighted by Crippen LogP contribution is 2.23. The van der Waals surface area contributed by atoms with Gasteiger partial charge in [-0.15, -0.1) is 0 Å². The summed E-state index contributed by atoms with van der Waals surface area (Å²) in [4.78, 5) is -0.00297. The Morgan fingerprint density at radius 3 is 2.79 bits per heavy atom. The average Bonchev–Trinajstić information content (AvgIpc) is 2.89. The minimum Gasteiger partial charge on any atom is -0.497 e. The van der Waals surface area contributed by atoms with E-state index in [0.717, 1.165) is 0 Å². The Labute approximate surface area is 110 Å². The highest BCUT2D eigenvalue weighted by atomic mass is 32.2. The van der Waals surface area contributed by atoms with Crippen LogP contribution in [0.2, 0.25) is 0 Å². The molecule has 19 heavy (non-hydrogen) atoms. The van der Waals surface area contributed by atoms with E-state index < -0.39 is 10.0 Å². The Kier molecular flexibility index (Phi) is 3.72. The van der Waals surface area contributed by atoms with Crippen molar-refractivity contribution >= 4 is 15.7 Å².